The number of likely N-dealkylation sites (N-methyl/N-ethyl adjacent to an activating group) is 1. The predicted octanol–water partition coefficient (Wildman–Crippen LogP) is 21.4. The fraction of sp³-hybridized carbons (Fsp3) is 0.829. The summed E-state index contributed by atoms with van der Waals surface area (Å²) in [5.74, 6) is -0.520. The molecule has 0 rings (SSSR count). The molecule has 0 saturated heterocycles. The highest BCUT2D eigenvalue weighted by molar-refractivity contribution is 7.47. The monoisotopic (exact) mass is 1140 g/mol. The van der Waals surface area contributed by atoms with Gasteiger partial charge in [-0.15, -0.1) is 0 Å². The van der Waals surface area contributed by atoms with Gasteiger partial charge in [-0.25, -0.2) is 4.57 Å². The Hall–Kier alpha value is -2.29. The number of ether oxygens (including phenoxy) is 1. The highest BCUT2D eigenvalue weighted by Gasteiger charge is 2.30. The van der Waals surface area contributed by atoms with Crippen LogP contribution in [0, 0.1) is 0 Å². The molecule has 0 heterocycles. The first-order chi connectivity index (χ1) is 38.9. The normalized spacial score (nSPS) is 13.9. The van der Waals surface area contributed by atoms with Crippen LogP contribution in [0.5, 0.6) is 0 Å². The topological polar surface area (TPSA) is 111 Å². The Morgan fingerprint density at radius 1 is 0.438 bits per heavy atom. The van der Waals surface area contributed by atoms with E-state index in [0.717, 1.165) is 77.0 Å². The van der Waals surface area contributed by atoms with Gasteiger partial charge in [0.15, 0.2) is 0 Å². The second kappa shape index (κ2) is 59.9. The molecular weight excluding hydrogens is 1010 g/mol. The molecule has 0 fully saturated rings. The van der Waals surface area contributed by atoms with Crippen LogP contribution in [0.4, 0.5) is 0 Å². The molecule has 3 unspecified atom stereocenters. The third kappa shape index (κ3) is 60.3. The van der Waals surface area contributed by atoms with Gasteiger partial charge in [0.2, 0.25) is 5.91 Å². The molecule has 0 aliphatic carbocycles. The van der Waals surface area contributed by atoms with Gasteiger partial charge >= 0.3 is 13.8 Å². The summed E-state index contributed by atoms with van der Waals surface area (Å²) in [4.78, 5) is 37.8. The third-order valence-corrected chi connectivity index (χ3v) is 16.2. The molecule has 1 amide bonds. The smallest absolute Gasteiger partial charge is 0.456 e. The number of hydrogen-bond donors (Lipinski definition) is 2. The molecule has 468 valence electrons. The molecule has 2 N–H and O–H groups in total. The molecule has 0 radical (unpaired) electrons. The maximum absolute atomic E-state index is 13.6. The molecule has 0 saturated carbocycles. The van der Waals surface area contributed by atoms with Crippen LogP contribution in [0.1, 0.15) is 323 Å². The summed E-state index contributed by atoms with van der Waals surface area (Å²) in [6.45, 7) is 7.00. The Labute approximate surface area is 496 Å². The van der Waals surface area contributed by atoms with Crippen molar-refractivity contribution in [2.24, 2.45) is 0 Å². The van der Waals surface area contributed by atoms with Crippen LogP contribution in [0.25, 0.3) is 0 Å². The number of esters is 1. The van der Waals surface area contributed by atoms with E-state index in [-0.39, 0.29) is 31.5 Å². The highest BCUT2D eigenvalue weighted by atomic mass is 31.2. The average Bonchev–Trinajstić information content (AvgIpc) is 3.42. The molecule has 0 spiro atoms. The summed E-state index contributed by atoms with van der Waals surface area (Å²) in [6, 6.07) is -0.858. The van der Waals surface area contributed by atoms with Crippen molar-refractivity contribution in [1.82, 2.24) is 5.32 Å². The fourth-order valence-corrected chi connectivity index (χ4v) is 10.6. The van der Waals surface area contributed by atoms with Crippen LogP contribution in [-0.2, 0) is 27.9 Å². The molecule has 9 nitrogen and oxygen atoms in total. The molecule has 0 aliphatic rings. The number of quaternary nitrogens is 1. The van der Waals surface area contributed by atoms with Gasteiger partial charge in [-0.3, -0.25) is 18.6 Å². The SMILES string of the molecule is CCCCC/C=C\C/C=C\C/C=C\CCCCCCC(=O)OC(/C=C\CCCCCCCCCCCC)C(COP(=O)(O)OCC[N+](C)(C)C)NC(=O)CCCCCCCCCCCCCCCCC/C=C/CCCCCCCC. The minimum Gasteiger partial charge on any atom is -0.456 e. The van der Waals surface area contributed by atoms with E-state index in [1.165, 1.54) is 205 Å². The first-order valence-corrected chi connectivity index (χ1v) is 35.6. The summed E-state index contributed by atoms with van der Waals surface area (Å²) in [7, 11) is 1.49. The molecule has 0 aromatic heterocycles. The molecule has 0 aromatic carbocycles. The Morgan fingerprint density at radius 3 is 1.18 bits per heavy atom. The van der Waals surface area contributed by atoms with Gasteiger partial charge in [0, 0.05) is 12.8 Å². The number of phosphoric ester groups is 1. The van der Waals surface area contributed by atoms with Crippen LogP contribution in [0.15, 0.2) is 60.8 Å². The van der Waals surface area contributed by atoms with E-state index in [1.54, 1.807) is 0 Å². The van der Waals surface area contributed by atoms with Crippen LogP contribution in [-0.4, -0.2) is 74.3 Å². The lowest BCUT2D eigenvalue weighted by Gasteiger charge is -2.27. The van der Waals surface area contributed by atoms with E-state index < -0.39 is 20.0 Å². The van der Waals surface area contributed by atoms with Crippen molar-refractivity contribution in [2.45, 2.75) is 335 Å². The van der Waals surface area contributed by atoms with E-state index in [2.05, 4.69) is 74.7 Å². The zero-order chi connectivity index (χ0) is 58.6. The minimum absolute atomic E-state index is 0.0363. The number of amides is 1. The van der Waals surface area contributed by atoms with Crippen LogP contribution < -0.4 is 5.32 Å². The largest absolute Gasteiger partial charge is 0.472 e. The Morgan fingerprint density at radius 2 is 0.762 bits per heavy atom. The summed E-state index contributed by atoms with van der Waals surface area (Å²) in [6.07, 6.45) is 76.6. The molecule has 0 aromatic rings. The molecular formula is C70H132N2O7P+. The standard InChI is InChI=1S/C70H131N2O7P/c1-7-10-13-16-19-22-25-28-30-32-33-34-35-36-37-38-39-41-42-44-47-50-53-56-59-62-69(73)71-67(66-78-80(75,76)77-65-64-72(4,5)6)68(61-58-55-52-49-46-27-24-21-18-15-12-9-3)79-70(74)63-60-57-54-51-48-45-43-40-31-29-26-23-20-17-14-11-8-2/h20,23,28-31,43,45,58,61,67-68H,7-19,21-22,24-27,32-42,44,46-57,59-60,62-66H2,1-6H3,(H-,71,73,75,76)/p+1/b23-20-,30-28+,31-29-,45-43-,61-58-. The number of carbonyl (C=O) groups is 2. The maximum atomic E-state index is 13.6. The van der Waals surface area contributed by atoms with Crippen molar-refractivity contribution in [3.63, 3.8) is 0 Å². The van der Waals surface area contributed by atoms with Crippen molar-refractivity contribution < 1.29 is 37.3 Å². The van der Waals surface area contributed by atoms with E-state index in [1.807, 2.05) is 33.3 Å². The lowest BCUT2D eigenvalue weighted by Crippen LogP contribution is -2.47. The van der Waals surface area contributed by atoms with Crippen molar-refractivity contribution in [1.29, 1.82) is 0 Å². The number of nitrogens with zero attached hydrogens (tertiary/aromatic N) is 1. The summed E-state index contributed by atoms with van der Waals surface area (Å²) >= 11 is 0. The first kappa shape index (κ1) is 77.7. The van der Waals surface area contributed by atoms with Crippen molar-refractivity contribution in [3.8, 4) is 0 Å². The zero-order valence-corrected chi connectivity index (χ0v) is 54.5. The van der Waals surface area contributed by atoms with Crippen LogP contribution >= 0.6 is 7.82 Å². The first-order valence-electron chi connectivity index (χ1n) is 34.1. The maximum Gasteiger partial charge on any atom is 0.472 e. The second-order valence-corrected chi connectivity index (χ2v) is 25.8. The molecule has 0 aliphatic heterocycles. The van der Waals surface area contributed by atoms with E-state index in [4.69, 9.17) is 13.8 Å². The second-order valence-electron chi connectivity index (χ2n) is 24.3. The summed E-state index contributed by atoms with van der Waals surface area (Å²) < 4.78 is 30.8. The predicted molar refractivity (Wildman–Crippen MR) is 346 cm³/mol. The number of carbonyl (C=O) groups excluding carboxylic acids is 2. The van der Waals surface area contributed by atoms with Gasteiger partial charge in [0.05, 0.1) is 33.8 Å². The zero-order valence-electron chi connectivity index (χ0n) is 53.6. The summed E-state index contributed by atoms with van der Waals surface area (Å²) in [5.41, 5.74) is 0. The number of phosphoric acid groups is 1. The molecule has 0 bridgehead atoms. The van der Waals surface area contributed by atoms with Gasteiger partial charge in [-0.1, -0.05) is 275 Å². The van der Waals surface area contributed by atoms with Crippen molar-refractivity contribution in [2.75, 3.05) is 40.9 Å². The summed E-state index contributed by atoms with van der Waals surface area (Å²) in [5, 5.41) is 3.06. The number of allylic oxidation sites excluding steroid dienone is 9. The van der Waals surface area contributed by atoms with Crippen molar-refractivity contribution >= 4 is 19.7 Å². The average molecular weight is 1140 g/mol. The van der Waals surface area contributed by atoms with Gasteiger partial charge in [-0.05, 0) is 96.0 Å². The molecule has 3 atom stereocenters. The van der Waals surface area contributed by atoms with E-state index >= 15 is 0 Å². The fourth-order valence-electron chi connectivity index (χ4n) is 9.88. The van der Waals surface area contributed by atoms with Gasteiger partial charge in [0.1, 0.15) is 19.3 Å². The molecule has 80 heavy (non-hydrogen) atoms. The highest BCUT2D eigenvalue weighted by Crippen LogP contribution is 2.43. The van der Waals surface area contributed by atoms with Gasteiger partial charge in [0.25, 0.3) is 0 Å². The van der Waals surface area contributed by atoms with Crippen molar-refractivity contribution in [3.05, 3.63) is 60.8 Å². The number of unbranched alkanes of at least 4 members (excludes halogenated alkanes) is 38. The molecule has 10 heteroatoms. The number of nitrogens with one attached hydrogen (secondary N) is 1. The van der Waals surface area contributed by atoms with Crippen LogP contribution in [0.3, 0.4) is 0 Å². The van der Waals surface area contributed by atoms with Gasteiger partial charge in [-0.2, -0.15) is 0 Å². The number of rotatable bonds is 62. The quantitative estimate of drug-likeness (QED) is 0.0205. The third-order valence-electron chi connectivity index (χ3n) is 15.2. The Kier molecular flexibility index (Phi) is 58.1. The lowest BCUT2D eigenvalue weighted by molar-refractivity contribution is -0.870. The Bertz CT molecular complexity index is 1550. The minimum atomic E-state index is -4.46. The lowest BCUT2D eigenvalue weighted by atomic mass is 10.0. The van der Waals surface area contributed by atoms with Crippen LogP contribution in [0.2, 0.25) is 0 Å². The van der Waals surface area contributed by atoms with E-state index in [0.29, 0.717) is 23.9 Å². The van der Waals surface area contributed by atoms with E-state index in [9.17, 15) is 19.0 Å². The van der Waals surface area contributed by atoms with Gasteiger partial charge < -0.3 is 19.4 Å². The Balaban J connectivity index is 5.10. The number of hydrogen-bond acceptors (Lipinski definition) is 6.